The summed E-state index contributed by atoms with van der Waals surface area (Å²) in [6.07, 6.45) is 2.77. The molecule has 0 aliphatic carbocycles. The Balaban J connectivity index is 2.54. The van der Waals surface area contributed by atoms with Gasteiger partial charge < -0.3 is 19.8 Å². The molecule has 0 atom stereocenters. The van der Waals surface area contributed by atoms with Crippen molar-refractivity contribution in [3.05, 3.63) is 34.3 Å². The van der Waals surface area contributed by atoms with Crippen LogP contribution in [0.25, 0.3) is 11.4 Å². The predicted octanol–water partition coefficient (Wildman–Crippen LogP) is 2.51. The molecule has 2 N–H and O–H groups in total. The smallest absolute Gasteiger partial charge is 0.266 e. The van der Waals surface area contributed by atoms with Gasteiger partial charge in [-0.1, -0.05) is 0 Å². The molecule has 0 aromatic carbocycles. The van der Waals surface area contributed by atoms with Crippen LogP contribution in [0.4, 0.5) is 0 Å². The molecule has 0 aliphatic heterocycles. The summed E-state index contributed by atoms with van der Waals surface area (Å²) >= 11 is 3.53. The highest BCUT2D eigenvalue weighted by Crippen LogP contribution is 2.35. The minimum Gasteiger partial charge on any atom is -0.364 e. The number of hydrogen-bond donors (Lipinski definition) is 1. The molecular formula is C16H21BrN4O3. The van der Waals surface area contributed by atoms with Crippen molar-refractivity contribution in [2.75, 3.05) is 13.2 Å². The van der Waals surface area contributed by atoms with Crippen LogP contribution in [0.2, 0.25) is 0 Å². The fourth-order valence-electron chi connectivity index (χ4n) is 2.50. The molecule has 130 valence electrons. The Hall–Kier alpha value is -1.77. The molecule has 0 saturated carbocycles. The van der Waals surface area contributed by atoms with Gasteiger partial charge in [-0.2, -0.15) is 0 Å². The number of aromatic nitrogens is 3. The highest BCUT2D eigenvalue weighted by atomic mass is 79.9. The molecule has 0 radical (unpaired) electrons. The third-order valence-electron chi connectivity index (χ3n) is 3.51. The number of carbonyl (C=O) groups is 1. The predicted molar refractivity (Wildman–Crippen MR) is 93.5 cm³/mol. The Kier molecular flexibility index (Phi) is 6.47. The maximum absolute atomic E-state index is 12.1. The second kappa shape index (κ2) is 8.36. The fourth-order valence-corrected chi connectivity index (χ4v) is 3.08. The summed E-state index contributed by atoms with van der Waals surface area (Å²) in [7, 11) is 0. The van der Waals surface area contributed by atoms with Gasteiger partial charge in [0.25, 0.3) is 5.91 Å². The Morgan fingerprint density at radius 1 is 1.29 bits per heavy atom. The van der Waals surface area contributed by atoms with E-state index in [-0.39, 0.29) is 0 Å². The zero-order valence-corrected chi connectivity index (χ0v) is 15.5. The summed E-state index contributed by atoms with van der Waals surface area (Å²) in [6.45, 7) is 7.03. The van der Waals surface area contributed by atoms with Crippen molar-refractivity contribution in [2.24, 2.45) is 5.73 Å². The highest BCUT2D eigenvalue weighted by Gasteiger charge is 2.27. The molecule has 2 aromatic heterocycles. The van der Waals surface area contributed by atoms with Crippen LogP contribution in [-0.4, -0.2) is 39.9 Å². The second-order valence-corrected chi connectivity index (χ2v) is 5.80. The average Bonchev–Trinajstić information content (AvgIpc) is 2.81. The van der Waals surface area contributed by atoms with E-state index >= 15 is 0 Å². The summed E-state index contributed by atoms with van der Waals surface area (Å²) < 4.78 is 13.7. The van der Waals surface area contributed by atoms with E-state index in [1.807, 2.05) is 20.8 Å². The first-order chi connectivity index (χ1) is 11.5. The van der Waals surface area contributed by atoms with Gasteiger partial charge in [0, 0.05) is 31.3 Å². The van der Waals surface area contributed by atoms with E-state index in [0.29, 0.717) is 36.8 Å². The van der Waals surface area contributed by atoms with Crippen LogP contribution >= 0.6 is 15.9 Å². The van der Waals surface area contributed by atoms with Crippen LogP contribution in [0, 0.1) is 6.92 Å². The number of amides is 1. The molecular weight excluding hydrogens is 376 g/mol. The van der Waals surface area contributed by atoms with Gasteiger partial charge in [0.15, 0.2) is 12.1 Å². The topological polar surface area (TPSA) is 92.3 Å². The first-order valence-corrected chi connectivity index (χ1v) is 8.49. The number of nitrogens with zero attached hydrogens (tertiary/aromatic N) is 3. The van der Waals surface area contributed by atoms with Crippen molar-refractivity contribution in [3.63, 3.8) is 0 Å². The van der Waals surface area contributed by atoms with Crippen molar-refractivity contribution >= 4 is 21.8 Å². The number of nitrogens with two attached hydrogens (primary N) is 1. The van der Waals surface area contributed by atoms with Crippen molar-refractivity contribution in [3.8, 4) is 11.4 Å². The lowest BCUT2D eigenvalue weighted by atomic mass is 10.2. The monoisotopic (exact) mass is 396 g/mol. The molecule has 8 heteroatoms. The molecule has 0 bridgehead atoms. The molecule has 7 nitrogen and oxygen atoms in total. The van der Waals surface area contributed by atoms with E-state index in [2.05, 4.69) is 25.9 Å². The van der Waals surface area contributed by atoms with Crippen LogP contribution in [0.1, 0.15) is 30.0 Å². The van der Waals surface area contributed by atoms with E-state index in [1.165, 1.54) is 0 Å². The quantitative estimate of drug-likeness (QED) is 0.691. The van der Waals surface area contributed by atoms with Gasteiger partial charge in [-0.25, -0.2) is 9.97 Å². The maximum atomic E-state index is 12.1. The Morgan fingerprint density at radius 3 is 2.38 bits per heavy atom. The number of carbonyl (C=O) groups excluding carboxylic acids is 1. The molecule has 0 spiro atoms. The highest BCUT2D eigenvalue weighted by molar-refractivity contribution is 9.10. The van der Waals surface area contributed by atoms with Crippen molar-refractivity contribution in [1.29, 1.82) is 0 Å². The van der Waals surface area contributed by atoms with Crippen molar-refractivity contribution in [2.45, 2.75) is 33.6 Å². The minimum absolute atomic E-state index is 0.329. The summed E-state index contributed by atoms with van der Waals surface area (Å²) in [4.78, 5) is 20.6. The van der Waals surface area contributed by atoms with E-state index in [0.717, 1.165) is 10.2 Å². The Morgan fingerprint density at radius 2 is 1.88 bits per heavy atom. The largest absolute Gasteiger partial charge is 0.364 e. The van der Waals surface area contributed by atoms with Crippen LogP contribution < -0.4 is 5.73 Å². The van der Waals surface area contributed by atoms with Crippen molar-refractivity contribution in [1.82, 2.24) is 14.5 Å². The maximum Gasteiger partial charge on any atom is 0.266 e. The zero-order chi connectivity index (χ0) is 17.7. The lowest BCUT2D eigenvalue weighted by molar-refractivity contribution is -0.143. The van der Waals surface area contributed by atoms with Crippen LogP contribution in [0.3, 0.4) is 0 Å². The van der Waals surface area contributed by atoms with E-state index in [4.69, 9.17) is 15.2 Å². The van der Waals surface area contributed by atoms with E-state index in [1.54, 1.807) is 23.0 Å². The van der Waals surface area contributed by atoms with Gasteiger partial charge in [0.1, 0.15) is 5.69 Å². The summed E-state index contributed by atoms with van der Waals surface area (Å²) in [5.74, 6) is -0.123. The standard InChI is InChI=1S/C16H21BrN4O3/c1-4-23-11(24-5-2)9-21-10(3)13(17)12(14(21)15(18)22)16-19-7-6-8-20-16/h6-8,11H,4-5,9H2,1-3H3,(H2,18,22). The second-order valence-electron chi connectivity index (χ2n) is 5.01. The molecule has 0 saturated heterocycles. The van der Waals surface area contributed by atoms with Crippen molar-refractivity contribution < 1.29 is 14.3 Å². The van der Waals surface area contributed by atoms with Crippen LogP contribution in [0.5, 0.6) is 0 Å². The van der Waals surface area contributed by atoms with Gasteiger partial charge >= 0.3 is 0 Å². The number of hydrogen-bond acceptors (Lipinski definition) is 5. The Labute approximate surface area is 149 Å². The Bertz CT molecular complexity index is 697. The van der Waals surface area contributed by atoms with E-state index < -0.39 is 12.2 Å². The van der Waals surface area contributed by atoms with Gasteiger partial charge in [0.2, 0.25) is 0 Å². The first-order valence-electron chi connectivity index (χ1n) is 7.70. The normalized spacial score (nSPS) is 11.2. The molecule has 0 aliphatic rings. The lowest BCUT2D eigenvalue weighted by Crippen LogP contribution is -2.27. The third-order valence-corrected chi connectivity index (χ3v) is 4.48. The molecule has 0 unspecified atom stereocenters. The fraction of sp³-hybridized carbons (Fsp3) is 0.438. The molecule has 1 amide bonds. The number of primary amides is 1. The lowest BCUT2D eigenvalue weighted by Gasteiger charge is -2.20. The SMILES string of the molecule is CCOC(Cn1c(C)c(Br)c(-c2ncccn2)c1C(N)=O)OCC. The first kappa shape index (κ1) is 18.6. The molecule has 2 heterocycles. The van der Waals surface area contributed by atoms with Gasteiger partial charge in [0.05, 0.1) is 16.6 Å². The number of rotatable bonds is 8. The molecule has 2 aromatic rings. The van der Waals surface area contributed by atoms with Gasteiger partial charge in [-0.3, -0.25) is 4.79 Å². The summed E-state index contributed by atoms with van der Waals surface area (Å²) in [5, 5.41) is 0. The van der Waals surface area contributed by atoms with E-state index in [9.17, 15) is 4.79 Å². The molecule has 0 fully saturated rings. The van der Waals surface area contributed by atoms with Crippen LogP contribution in [0.15, 0.2) is 22.9 Å². The summed E-state index contributed by atoms with van der Waals surface area (Å²) in [5.41, 5.74) is 7.38. The van der Waals surface area contributed by atoms with Crippen LogP contribution in [-0.2, 0) is 16.0 Å². The molecule has 2 rings (SSSR count). The number of ether oxygens (including phenoxy) is 2. The zero-order valence-electron chi connectivity index (χ0n) is 14.0. The minimum atomic E-state index is -0.557. The molecule has 24 heavy (non-hydrogen) atoms. The average molecular weight is 397 g/mol. The number of halogens is 1. The van der Waals surface area contributed by atoms with Gasteiger partial charge in [-0.15, -0.1) is 0 Å². The summed E-state index contributed by atoms with van der Waals surface area (Å²) in [6, 6.07) is 1.71. The third kappa shape index (κ3) is 3.82. The van der Waals surface area contributed by atoms with Gasteiger partial charge in [-0.05, 0) is 42.8 Å².